The van der Waals surface area contributed by atoms with Crippen molar-refractivity contribution in [2.24, 2.45) is 46.0 Å². The topological polar surface area (TPSA) is 220 Å². The van der Waals surface area contributed by atoms with Gasteiger partial charge in [0.05, 0.1) is 23.4 Å². The summed E-state index contributed by atoms with van der Waals surface area (Å²) in [6, 6.07) is 0.211. The predicted octanol–water partition coefficient (Wildman–Crippen LogP) is 0.457. The number of methoxy groups -OCH3 is 1. The Hall–Kier alpha value is -3.98. The number of aliphatic hydroxyl groups excluding tert-OH is 1. The molecule has 5 fully saturated rings. The second-order valence-electron chi connectivity index (χ2n) is 15.9. The number of hydrogen-bond acceptors (Lipinski definition) is 13. The molecular weight excluding hydrogens is 660 g/mol. The molecule has 2 saturated heterocycles. The Morgan fingerprint density at radius 1 is 1.12 bits per heavy atom. The number of carbonyl (C=O) groups excluding carboxylic acids is 6. The molecule has 6 N–H and O–H groups in total. The van der Waals surface area contributed by atoms with Crippen LogP contribution in [0.4, 0.5) is 4.79 Å². The molecule has 14 heteroatoms. The Morgan fingerprint density at radius 2 is 1.82 bits per heavy atom. The first kappa shape index (κ1) is 35.4. The summed E-state index contributed by atoms with van der Waals surface area (Å²) < 4.78 is 10.9. The fraction of sp³-hybridized carbons (Fsp3) is 0.622. The number of nitrogens with two attached hydrogens (primary N) is 2. The zero-order chi connectivity index (χ0) is 37.2. The minimum Gasteiger partial charge on any atom is -0.449 e. The number of ether oxygens (including phenoxy) is 2. The van der Waals surface area contributed by atoms with E-state index in [4.69, 9.17) is 20.9 Å². The van der Waals surface area contributed by atoms with E-state index in [0.29, 0.717) is 25.1 Å². The average molecular weight is 707 g/mol. The van der Waals surface area contributed by atoms with E-state index < -0.39 is 52.3 Å². The summed E-state index contributed by atoms with van der Waals surface area (Å²) in [5, 5.41) is 20.5. The number of rotatable bonds is 5. The van der Waals surface area contributed by atoms with Crippen LogP contribution in [0.15, 0.2) is 46.3 Å². The Kier molecular flexibility index (Phi) is 7.99. The molecule has 0 bridgehead atoms. The highest BCUT2D eigenvalue weighted by Crippen LogP contribution is 2.66. The van der Waals surface area contributed by atoms with Gasteiger partial charge in [0.25, 0.3) is 0 Å². The maximum atomic E-state index is 13.3. The maximum absolute atomic E-state index is 13.3. The molecule has 14 nitrogen and oxygen atoms in total. The molecule has 11 atom stereocenters. The lowest BCUT2D eigenvalue weighted by Crippen LogP contribution is -2.60. The first-order valence-electron chi connectivity index (χ1n) is 17.5. The molecule has 3 aliphatic heterocycles. The van der Waals surface area contributed by atoms with E-state index in [0.717, 1.165) is 18.4 Å². The summed E-state index contributed by atoms with van der Waals surface area (Å²) in [7, 11) is 3.49. The molecule has 0 aromatic rings. The van der Waals surface area contributed by atoms with Crippen molar-refractivity contribution in [3.63, 3.8) is 0 Å². The third kappa shape index (κ3) is 4.48. The van der Waals surface area contributed by atoms with E-state index in [9.17, 15) is 39.0 Å². The number of likely N-dealkylation sites (N-methyl/N-ethyl adjacent to an activating group) is 1. The van der Waals surface area contributed by atoms with E-state index in [2.05, 4.69) is 4.90 Å². The highest BCUT2D eigenvalue weighted by atomic mass is 16.6. The van der Waals surface area contributed by atoms with Crippen LogP contribution in [0, 0.1) is 34.5 Å². The number of fused-ring (bicyclic) bond motifs is 9. The standard InChI is InChI=1S/C21H26O5.C16H20N4O5/c1-19-7-5-13(23)9-12(19)3-4-14-15-6-8-21(26,17(25)11-22)20(15,2)10-16(24)18(14)19;1-6-10(17)13(22)9-7(5-25-15(18)23)16(24-3)14-8(19(14)2)4-20(16)11(9)12(6)21/h5,7,9,14-15,18,22,26H,3-4,6,8,10-11H2,1-2H3;7-8,14H,4-5,17H2,1-3H3,(H2,18,23)/t14-,15-,18+,19-,20-,21-;7-,8+,14+,16-,19?/m01/s1. The number of hydrogen-bond donors (Lipinski definition) is 4. The van der Waals surface area contributed by atoms with E-state index in [1.807, 2.05) is 31.9 Å². The number of piperazine rings is 1. The molecule has 5 aliphatic carbocycles. The number of aliphatic hydroxyl groups is 2. The molecule has 3 heterocycles. The van der Waals surface area contributed by atoms with Crippen molar-refractivity contribution >= 4 is 35.0 Å². The van der Waals surface area contributed by atoms with Gasteiger partial charge in [-0.15, -0.1) is 0 Å². The zero-order valence-corrected chi connectivity index (χ0v) is 29.6. The molecule has 0 aromatic carbocycles. The van der Waals surface area contributed by atoms with Crippen LogP contribution in [0.2, 0.25) is 0 Å². The SMILES string of the molecule is CO[C@@]12[C@H](COC(N)=O)C3=C(C(=O)C(C)=C(N)C3=O)N1C[C@H]1[C@@H]2N1C.C[C@]12C=CC(=O)C=C1CC[C@@H]1[C@@H]2C(=O)C[C@@]2(C)[C@H]1CC[C@]2(O)C(=O)CO. The summed E-state index contributed by atoms with van der Waals surface area (Å²) in [6.07, 6.45) is 6.88. The normalized spacial score (nSPS) is 43.0. The average Bonchev–Trinajstić information content (AvgIpc) is 3.34. The van der Waals surface area contributed by atoms with Gasteiger partial charge in [-0.05, 0) is 63.6 Å². The quantitative estimate of drug-likeness (QED) is 0.226. The van der Waals surface area contributed by atoms with Crippen LogP contribution in [-0.2, 0) is 33.4 Å². The Bertz CT molecular complexity index is 1810. The maximum Gasteiger partial charge on any atom is 0.404 e. The smallest absolute Gasteiger partial charge is 0.404 e. The minimum atomic E-state index is -1.62. The summed E-state index contributed by atoms with van der Waals surface area (Å²) in [5.41, 5.74) is 8.91. The van der Waals surface area contributed by atoms with Crippen molar-refractivity contribution in [3.05, 3.63) is 46.3 Å². The lowest BCUT2D eigenvalue weighted by atomic mass is 9.46. The third-order valence-corrected chi connectivity index (χ3v) is 14.0. The fourth-order valence-corrected chi connectivity index (χ4v) is 11.4. The molecule has 3 saturated carbocycles. The van der Waals surface area contributed by atoms with Gasteiger partial charge in [-0.25, -0.2) is 4.79 Å². The number of Topliss-reactive ketones (excluding diaryl/α,β-unsaturated/α-hetero) is 4. The number of allylic oxidation sites excluding steroid dienone is 6. The van der Waals surface area contributed by atoms with Crippen LogP contribution in [0.3, 0.4) is 0 Å². The Morgan fingerprint density at radius 3 is 2.47 bits per heavy atom. The van der Waals surface area contributed by atoms with Crippen molar-refractivity contribution in [2.75, 3.05) is 33.9 Å². The van der Waals surface area contributed by atoms with Crippen LogP contribution in [-0.4, -0.2) is 112 Å². The van der Waals surface area contributed by atoms with Crippen molar-refractivity contribution in [1.82, 2.24) is 9.80 Å². The van der Waals surface area contributed by atoms with Gasteiger partial charge in [0.1, 0.15) is 24.6 Å². The first-order chi connectivity index (χ1) is 23.9. The van der Waals surface area contributed by atoms with Gasteiger partial charge in [0.15, 0.2) is 17.3 Å². The van der Waals surface area contributed by atoms with Gasteiger partial charge >= 0.3 is 6.09 Å². The predicted molar refractivity (Wildman–Crippen MR) is 179 cm³/mol. The van der Waals surface area contributed by atoms with Gasteiger partial charge in [-0.3, -0.25) is 28.9 Å². The van der Waals surface area contributed by atoms with Gasteiger partial charge in [0, 0.05) is 54.0 Å². The Balaban J connectivity index is 0.000000159. The summed E-state index contributed by atoms with van der Waals surface area (Å²) in [4.78, 5) is 78.2. The number of nitrogens with zero attached hydrogens (tertiary/aromatic N) is 2. The monoisotopic (exact) mass is 706 g/mol. The number of primary amides is 1. The molecule has 8 rings (SSSR count). The van der Waals surface area contributed by atoms with E-state index >= 15 is 0 Å². The van der Waals surface area contributed by atoms with E-state index in [1.165, 1.54) is 7.11 Å². The molecule has 0 radical (unpaired) electrons. The van der Waals surface area contributed by atoms with Gasteiger partial charge in [-0.1, -0.05) is 25.5 Å². The lowest BCUT2D eigenvalue weighted by molar-refractivity contribution is -0.168. The highest BCUT2D eigenvalue weighted by molar-refractivity contribution is 6.25. The first-order valence-corrected chi connectivity index (χ1v) is 17.5. The highest BCUT2D eigenvalue weighted by Gasteiger charge is 2.75. The molecule has 1 unspecified atom stereocenters. The summed E-state index contributed by atoms with van der Waals surface area (Å²) in [5.74, 6) is -1.91. The molecule has 274 valence electrons. The van der Waals surface area contributed by atoms with E-state index in [1.54, 1.807) is 19.1 Å². The molecule has 0 aromatic heterocycles. The van der Waals surface area contributed by atoms with Crippen LogP contribution in [0.25, 0.3) is 0 Å². The summed E-state index contributed by atoms with van der Waals surface area (Å²) >= 11 is 0. The number of carbonyl (C=O) groups is 6. The van der Waals surface area contributed by atoms with Gasteiger partial charge in [-0.2, -0.15) is 0 Å². The zero-order valence-electron chi connectivity index (χ0n) is 29.6. The second-order valence-corrected chi connectivity index (χ2v) is 15.9. The van der Waals surface area contributed by atoms with Crippen LogP contribution < -0.4 is 11.5 Å². The molecule has 1 amide bonds. The molecule has 51 heavy (non-hydrogen) atoms. The lowest BCUT2D eigenvalue weighted by Gasteiger charge is -2.56. The minimum absolute atomic E-state index is 0.00768. The van der Waals surface area contributed by atoms with Crippen LogP contribution in [0.1, 0.15) is 52.9 Å². The third-order valence-electron chi connectivity index (χ3n) is 14.0. The van der Waals surface area contributed by atoms with Crippen molar-refractivity contribution in [2.45, 2.75) is 76.3 Å². The largest absolute Gasteiger partial charge is 0.449 e. The molecule has 0 spiro atoms. The van der Waals surface area contributed by atoms with Crippen molar-refractivity contribution < 1.29 is 48.5 Å². The number of amides is 1. The van der Waals surface area contributed by atoms with E-state index in [-0.39, 0.29) is 77.1 Å². The number of ketones is 5. The van der Waals surface area contributed by atoms with Crippen molar-refractivity contribution in [3.8, 4) is 0 Å². The van der Waals surface area contributed by atoms with Gasteiger partial charge < -0.3 is 36.1 Å². The fourth-order valence-electron chi connectivity index (χ4n) is 11.4. The molecular formula is C37H46N4O10. The van der Waals surface area contributed by atoms with Crippen molar-refractivity contribution in [1.29, 1.82) is 0 Å². The van der Waals surface area contributed by atoms with Crippen LogP contribution >= 0.6 is 0 Å². The van der Waals surface area contributed by atoms with Gasteiger partial charge in [0.2, 0.25) is 11.6 Å². The second kappa shape index (κ2) is 11.5. The summed E-state index contributed by atoms with van der Waals surface area (Å²) in [6.45, 7) is 5.15. The molecule has 8 aliphatic rings. The van der Waals surface area contributed by atoms with Crippen LogP contribution in [0.5, 0.6) is 0 Å². The Labute approximate surface area is 295 Å².